The van der Waals surface area contributed by atoms with Gasteiger partial charge in [0.05, 0.1) is 27.7 Å². The molecule has 9 nitrogen and oxygen atoms in total. The summed E-state index contributed by atoms with van der Waals surface area (Å²) >= 11 is 0. The number of quaternary nitrogens is 1. The highest BCUT2D eigenvalue weighted by Gasteiger charge is 2.27. The molecular formula is C66H123NO8P+. The van der Waals surface area contributed by atoms with Gasteiger partial charge in [-0.05, 0) is 77.0 Å². The monoisotopic (exact) mass is 1090 g/mol. The average Bonchev–Trinajstić information content (AvgIpc) is 3.38. The van der Waals surface area contributed by atoms with Gasteiger partial charge in [-0.2, -0.15) is 0 Å². The number of unbranched alkanes of at least 4 members (excludes halogenated alkanes) is 35. The fraction of sp³-hybridized carbons (Fsp3) is 0.818. The van der Waals surface area contributed by atoms with Crippen molar-refractivity contribution in [3.63, 3.8) is 0 Å². The molecule has 0 rings (SSSR count). The van der Waals surface area contributed by atoms with Crippen molar-refractivity contribution in [2.75, 3.05) is 47.5 Å². The van der Waals surface area contributed by atoms with Crippen LogP contribution in [0.1, 0.15) is 296 Å². The molecule has 0 aliphatic rings. The minimum absolute atomic E-state index is 0.0256. The van der Waals surface area contributed by atoms with Crippen molar-refractivity contribution in [1.82, 2.24) is 0 Å². The van der Waals surface area contributed by atoms with E-state index < -0.39 is 26.5 Å². The highest BCUT2D eigenvalue weighted by Crippen LogP contribution is 2.43. The Morgan fingerprint density at radius 1 is 0.421 bits per heavy atom. The Morgan fingerprint density at radius 3 is 1.13 bits per heavy atom. The maximum Gasteiger partial charge on any atom is 0.472 e. The highest BCUT2D eigenvalue weighted by molar-refractivity contribution is 7.47. The molecule has 0 amide bonds. The van der Waals surface area contributed by atoms with Gasteiger partial charge in [-0.25, -0.2) is 4.57 Å². The third kappa shape index (κ3) is 60.9. The number of nitrogens with zero attached hydrogens (tertiary/aromatic N) is 1. The Hall–Kier alpha value is -2.29. The van der Waals surface area contributed by atoms with Crippen molar-refractivity contribution in [3.8, 4) is 0 Å². The van der Waals surface area contributed by atoms with Crippen molar-refractivity contribution < 1.29 is 42.1 Å². The van der Waals surface area contributed by atoms with Gasteiger partial charge >= 0.3 is 19.8 Å². The summed E-state index contributed by atoms with van der Waals surface area (Å²) in [5, 5.41) is 0. The van der Waals surface area contributed by atoms with E-state index in [2.05, 4.69) is 74.6 Å². The first kappa shape index (κ1) is 73.7. The number of hydrogen-bond acceptors (Lipinski definition) is 7. The molecule has 0 saturated carbocycles. The van der Waals surface area contributed by atoms with Gasteiger partial charge in [0.1, 0.15) is 19.8 Å². The molecule has 444 valence electrons. The number of phosphoric acid groups is 1. The number of likely N-dealkylation sites (N-methyl/N-ethyl adjacent to an activating group) is 1. The van der Waals surface area contributed by atoms with Crippen molar-refractivity contribution >= 4 is 19.8 Å². The predicted molar refractivity (Wildman–Crippen MR) is 326 cm³/mol. The first-order valence-corrected chi connectivity index (χ1v) is 33.5. The van der Waals surface area contributed by atoms with Crippen molar-refractivity contribution in [2.24, 2.45) is 0 Å². The Bertz CT molecular complexity index is 1470. The van der Waals surface area contributed by atoms with E-state index in [9.17, 15) is 19.0 Å². The fourth-order valence-corrected chi connectivity index (χ4v) is 9.86. The van der Waals surface area contributed by atoms with Crippen molar-refractivity contribution in [2.45, 2.75) is 302 Å². The molecule has 0 bridgehead atoms. The SMILES string of the molecule is CC/C=C\C/C=C\C/C=C\CCCCCC(=O)OC(COC(=O)CCCCCCCCCCCCCCCCCCCCCCCCCCCCC/C=C\C/C=C\CCCCCCC)COP(=O)(O)OCC[N+](C)(C)C. The molecule has 0 spiro atoms. The number of esters is 2. The second-order valence-electron chi connectivity index (χ2n) is 22.8. The molecule has 0 radical (unpaired) electrons. The maximum atomic E-state index is 12.7. The van der Waals surface area contributed by atoms with E-state index in [4.69, 9.17) is 18.5 Å². The van der Waals surface area contributed by atoms with Crippen LogP contribution in [0.5, 0.6) is 0 Å². The van der Waals surface area contributed by atoms with Crippen LogP contribution < -0.4 is 0 Å². The first-order chi connectivity index (χ1) is 37.0. The molecule has 0 aromatic heterocycles. The third-order valence-electron chi connectivity index (χ3n) is 14.0. The van der Waals surface area contributed by atoms with Crippen molar-refractivity contribution in [1.29, 1.82) is 0 Å². The number of carbonyl (C=O) groups is 2. The number of allylic oxidation sites excluding steroid dienone is 10. The summed E-state index contributed by atoms with van der Waals surface area (Å²) in [4.78, 5) is 35.6. The van der Waals surface area contributed by atoms with Crippen molar-refractivity contribution in [3.05, 3.63) is 60.8 Å². The van der Waals surface area contributed by atoms with Gasteiger partial charge in [0.15, 0.2) is 6.10 Å². The molecular weight excluding hydrogens is 966 g/mol. The zero-order valence-corrected chi connectivity index (χ0v) is 51.4. The van der Waals surface area contributed by atoms with E-state index in [-0.39, 0.29) is 32.0 Å². The molecule has 0 aromatic rings. The van der Waals surface area contributed by atoms with Gasteiger partial charge in [0.25, 0.3) is 0 Å². The molecule has 0 aromatic carbocycles. The lowest BCUT2D eigenvalue weighted by Gasteiger charge is -2.24. The lowest BCUT2D eigenvalue weighted by Crippen LogP contribution is -2.37. The first-order valence-electron chi connectivity index (χ1n) is 32.0. The molecule has 1 N–H and O–H groups in total. The molecule has 10 heteroatoms. The van der Waals surface area contributed by atoms with Gasteiger partial charge in [-0.1, -0.05) is 267 Å². The number of rotatable bonds is 59. The molecule has 0 saturated heterocycles. The quantitative estimate of drug-likeness (QED) is 0.0211. The largest absolute Gasteiger partial charge is 0.472 e. The van der Waals surface area contributed by atoms with Crippen LogP contribution in [-0.4, -0.2) is 74.9 Å². The molecule has 0 aliphatic carbocycles. The predicted octanol–water partition coefficient (Wildman–Crippen LogP) is 20.3. The molecule has 2 atom stereocenters. The summed E-state index contributed by atoms with van der Waals surface area (Å²) < 4.78 is 34.5. The number of hydrogen-bond donors (Lipinski definition) is 1. The minimum atomic E-state index is -4.39. The van der Waals surface area contributed by atoms with Gasteiger partial charge < -0.3 is 18.9 Å². The topological polar surface area (TPSA) is 108 Å². The van der Waals surface area contributed by atoms with Crippen LogP contribution in [0.3, 0.4) is 0 Å². The van der Waals surface area contributed by atoms with Crippen LogP contribution in [0.4, 0.5) is 0 Å². The van der Waals surface area contributed by atoms with Crippen LogP contribution in [0, 0.1) is 0 Å². The number of ether oxygens (including phenoxy) is 2. The summed E-state index contributed by atoms with van der Waals surface area (Å²) in [6, 6.07) is 0. The second-order valence-corrected chi connectivity index (χ2v) is 24.2. The van der Waals surface area contributed by atoms with Crippen LogP contribution in [0.15, 0.2) is 60.8 Å². The normalized spacial score (nSPS) is 13.6. The molecule has 0 aliphatic heterocycles. The van der Waals surface area contributed by atoms with Crippen LogP contribution in [0.25, 0.3) is 0 Å². The molecule has 0 heterocycles. The van der Waals surface area contributed by atoms with Crippen LogP contribution in [0.2, 0.25) is 0 Å². The maximum absolute atomic E-state index is 12.7. The third-order valence-corrected chi connectivity index (χ3v) is 15.0. The molecule has 2 unspecified atom stereocenters. The van der Waals surface area contributed by atoms with Gasteiger partial charge in [-0.15, -0.1) is 0 Å². The van der Waals surface area contributed by atoms with E-state index in [1.165, 1.54) is 199 Å². The van der Waals surface area contributed by atoms with E-state index in [1.807, 2.05) is 21.1 Å². The Balaban J connectivity index is 3.85. The Kier molecular flexibility index (Phi) is 55.7. The zero-order valence-electron chi connectivity index (χ0n) is 50.5. The average molecular weight is 1090 g/mol. The fourth-order valence-electron chi connectivity index (χ4n) is 9.12. The lowest BCUT2D eigenvalue weighted by atomic mass is 10.0. The van der Waals surface area contributed by atoms with Gasteiger partial charge in [-0.3, -0.25) is 18.6 Å². The summed E-state index contributed by atoms with van der Waals surface area (Å²) in [5.41, 5.74) is 0. The Morgan fingerprint density at radius 2 is 0.750 bits per heavy atom. The van der Waals surface area contributed by atoms with Gasteiger partial charge in [0, 0.05) is 12.8 Å². The lowest BCUT2D eigenvalue weighted by molar-refractivity contribution is -0.870. The number of carbonyl (C=O) groups excluding carboxylic acids is 2. The van der Waals surface area contributed by atoms with E-state index in [0.717, 1.165) is 64.2 Å². The summed E-state index contributed by atoms with van der Waals surface area (Å²) in [5.74, 6) is -0.824. The highest BCUT2D eigenvalue weighted by atomic mass is 31.2. The summed E-state index contributed by atoms with van der Waals surface area (Å²) in [6.45, 7) is 4.29. The van der Waals surface area contributed by atoms with E-state index >= 15 is 0 Å². The number of phosphoric ester groups is 1. The van der Waals surface area contributed by atoms with E-state index in [1.54, 1.807) is 0 Å². The van der Waals surface area contributed by atoms with E-state index in [0.29, 0.717) is 17.4 Å². The zero-order chi connectivity index (χ0) is 55.6. The summed E-state index contributed by atoms with van der Waals surface area (Å²) in [6.07, 6.45) is 75.0. The van der Waals surface area contributed by atoms with Crippen LogP contribution in [-0.2, 0) is 32.7 Å². The standard InChI is InChI=1S/C66H122NO8P/c1-6-8-10-12-14-16-18-20-21-22-23-24-25-26-27-28-29-30-31-32-33-34-35-36-37-38-39-40-41-42-43-44-45-47-48-50-52-54-56-58-65(68)72-62-64(63-74-76(70,71)73-61-60-67(3,4)5)75-66(69)59-57-55-53-51-49-46-19-17-15-13-11-9-7-2/h9,11,15,17-18,20,22-23,46,49,64H,6-8,10,12-14,16,19,21,24-45,47-48,50-63H2,1-5H3/p+1/b11-9-,17-15-,20-18-,23-22-,49-46-. The molecule has 0 fully saturated rings. The second kappa shape index (κ2) is 57.4. The smallest absolute Gasteiger partial charge is 0.462 e. The molecule has 76 heavy (non-hydrogen) atoms. The van der Waals surface area contributed by atoms with Gasteiger partial charge in [0.2, 0.25) is 0 Å². The Labute approximate surface area is 470 Å². The summed E-state index contributed by atoms with van der Waals surface area (Å²) in [7, 11) is 1.46. The van der Waals surface area contributed by atoms with Crippen LogP contribution >= 0.6 is 7.82 Å². The minimum Gasteiger partial charge on any atom is -0.462 e.